The van der Waals surface area contributed by atoms with Crippen LogP contribution in [0.5, 0.6) is 5.75 Å². The molecule has 0 saturated heterocycles. The summed E-state index contributed by atoms with van der Waals surface area (Å²) in [6.07, 6.45) is 1.94. The van der Waals surface area contributed by atoms with E-state index in [0.29, 0.717) is 34.9 Å². The molecule has 27 heavy (non-hydrogen) atoms. The molecule has 8 heteroatoms. The maximum atomic E-state index is 12.6. The van der Waals surface area contributed by atoms with Gasteiger partial charge in [0.2, 0.25) is 0 Å². The Morgan fingerprint density at radius 3 is 2.07 bits per heavy atom. The first kappa shape index (κ1) is 19.3. The molecule has 7 nitrogen and oxygen atoms in total. The monoisotopic (exact) mass is 434 g/mol. The highest BCUT2D eigenvalue weighted by molar-refractivity contribution is 9.10. The molecule has 144 valence electrons. The largest absolute Gasteiger partial charge is 0.493 e. The minimum absolute atomic E-state index is 0.253. The van der Waals surface area contributed by atoms with Crippen molar-refractivity contribution in [2.24, 2.45) is 0 Å². The molecule has 0 saturated carbocycles. The van der Waals surface area contributed by atoms with Crippen molar-refractivity contribution in [2.45, 2.75) is 39.5 Å². The molecular weight excluding hydrogens is 412 g/mol. The lowest BCUT2D eigenvalue weighted by atomic mass is 9.85. The molecular formula is C19H23BrN4O3. The van der Waals surface area contributed by atoms with E-state index in [1.165, 1.54) is 0 Å². The van der Waals surface area contributed by atoms with E-state index in [-0.39, 0.29) is 11.1 Å². The van der Waals surface area contributed by atoms with Gasteiger partial charge in [0.05, 0.1) is 23.7 Å². The molecule has 0 radical (unpaired) electrons. The van der Waals surface area contributed by atoms with Gasteiger partial charge in [0, 0.05) is 21.4 Å². The molecule has 0 spiro atoms. The Kier molecular flexibility index (Phi) is 5.74. The van der Waals surface area contributed by atoms with Gasteiger partial charge in [-0.05, 0) is 38.5 Å². The van der Waals surface area contributed by atoms with Gasteiger partial charge in [-0.2, -0.15) is 0 Å². The van der Waals surface area contributed by atoms with Gasteiger partial charge >= 0.3 is 0 Å². The molecule has 0 bridgehead atoms. The van der Waals surface area contributed by atoms with Crippen LogP contribution in [-0.4, -0.2) is 27.0 Å². The van der Waals surface area contributed by atoms with E-state index in [2.05, 4.69) is 43.2 Å². The molecule has 0 aliphatic carbocycles. The summed E-state index contributed by atoms with van der Waals surface area (Å²) in [5.41, 5.74) is 2.63. The number of nitrogens with one attached hydrogen (secondary N) is 4. The van der Waals surface area contributed by atoms with Crippen molar-refractivity contribution in [3.05, 3.63) is 71.5 Å². The van der Waals surface area contributed by atoms with Crippen LogP contribution in [0.15, 0.2) is 32.3 Å². The van der Waals surface area contributed by atoms with Crippen molar-refractivity contribution in [3.63, 3.8) is 0 Å². The van der Waals surface area contributed by atoms with Gasteiger partial charge in [-0.15, -0.1) is 0 Å². The van der Waals surface area contributed by atoms with Gasteiger partial charge in [0.15, 0.2) is 0 Å². The van der Waals surface area contributed by atoms with E-state index in [4.69, 9.17) is 4.74 Å². The first-order chi connectivity index (χ1) is 12.9. The molecule has 1 aromatic carbocycles. The second kappa shape index (κ2) is 8.04. The van der Waals surface area contributed by atoms with Crippen LogP contribution in [0.2, 0.25) is 0 Å². The van der Waals surface area contributed by atoms with Crippen molar-refractivity contribution >= 4 is 15.9 Å². The summed E-state index contributed by atoms with van der Waals surface area (Å²) in [5.74, 6) is 0.0979. The van der Waals surface area contributed by atoms with E-state index in [1.54, 1.807) is 0 Å². The zero-order chi connectivity index (χ0) is 19.6. The Hall–Kier alpha value is -2.48. The summed E-state index contributed by atoms with van der Waals surface area (Å²) in [7, 11) is 0. The van der Waals surface area contributed by atoms with Crippen LogP contribution in [0, 0.1) is 13.8 Å². The fourth-order valence-corrected chi connectivity index (χ4v) is 3.64. The smallest absolute Gasteiger partial charge is 0.268 e. The highest BCUT2D eigenvalue weighted by atomic mass is 79.9. The molecule has 0 fully saturated rings. The molecule has 0 atom stereocenters. The number of rotatable bonds is 7. The molecule has 0 amide bonds. The molecule has 3 rings (SSSR count). The van der Waals surface area contributed by atoms with Gasteiger partial charge in [0.1, 0.15) is 5.75 Å². The zero-order valence-corrected chi connectivity index (χ0v) is 17.1. The second-order valence-corrected chi connectivity index (χ2v) is 7.47. The Balaban J connectivity index is 2.25. The topological polar surface area (TPSA) is 107 Å². The maximum absolute atomic E-state index is 12.6. The van der Waals surface area contributed by atoms with Crippen molar-refractivity contribution in [3.8, 4) is 5.75 Å². The normalized spacial score (nSPS) is 11.3. The van der Waals surface area contributed by atoms with E-state index < -0.39 is 5.92 Å². The predicted octanol–water partition coefficient (Wildman–Crippen LogP) is 3.46. The lowest BCUT2D eigenvalue weighted by molar-refractivity contribution is 0.306. The number of aryl methyl sites for hydroxylation is 2. The SMILES string of the molecule is CCCCOc1ccc(Br)cc1C(c1c(C)[nH][nH]c1=O)c1c(C)[nH][nH]c1=O. The van der Waals surface area contributed by atoms with Crippen molar-refractivity contribution < 1.29 is 4.74 Å². The van der Waals surface area contributed by atoms with Gasteiger partial charge in [0.25, 0.3) is 11.1 Å². The van der Waals surface area contributed by atoms with Crippen LogP contribution >= 0.6 is 15.9 Å². The Labute approximate surface area is 164 Å². The van der Waals surface area contributed by atoms with Crippen LogP contribution in [0.25, 0.3) is 0 Å². The molecule has 0 aliphatic heterocycles. The van der Waals surface area contributed by atoms with Crippen LogP contribution in [0.1, 0.15) is 53.8 Å². The number of aromatic nitrogens is 4. The van der Waals surface area contributed by atoms with Crippen LogP contribution in [0.3, 0.4) is 0 Å². The third kappa shape index (κ3) is 3.80. The number of aromatic amines is 4. The predicted molar refractivity (Wildman–Crippen MR) is 108 cm³/mol. The highest BCUT2D eigenvalue weighted by Crippen LogP contribution is 2.38. The van der Waals surface area contributed by atoms with Crippen molar-refractivity contribution in [2.75, 3.05) is 6.61 Å². The van der Waals surface area contributed by atoms with E-state index >= 15 is 0 Å². The number of halogens is 1. The molecule has 0 aliphatic rings. The van der Waals surface area contributed by atoms with Gasteiger partial charge < -0.3 is 14.9 Å². The third-order valence-electron chi connectivity index (χ3n) is 4.64. The minimum Gasteiger partial charge on any atom is -0.493 e. The number of unbranched alkanes of at least 4 members (excludes halogenated alkanes) is 1. The van der Waals surface area contributed by atoms with Crippen LogP contribution in [0.4, 0.5) is 0 Å². The fourth-order valence-electron chi connectivity index (χ4n) is 3.26. The minimum atomic E-state index is -0.566. The molecule has 4 N–H and O–H groups in total. The lowest BCUT2D eigenvalue weighted by Crippen LogP contribution is -2.21. The third-order valence-corrected chi connectivity index (χ3v) is 5.13. The quantitative estimate of drug-likeness (QED) is 0.427. The summed E-state index contributed by atoms with van der Waals surface area (Å²) in [6, 6.07) is 5.67. The van der Waals surface area contributed by atoms with Crippen molar-refractivity contribution in [1.82, 2.24) is 20.4 Å². The maximum Gasteiger partial charge on any atom is 0.268 e. The fraction of sp³-hybridized carbons (Fsp3) is 0.368. The Bertz CT molecular complexity index is 990. The number of hydrogen-bond donors (Lipinski definition) is 4. The lowest BCUT2D eigenvalue weighted by Gasteiger charge is -2.20. The van der Waals surface area contributed by atoms with Crippen LogP contribution in [-0.2, 0) is 0 Å². The summed E-state index contributed by atoms with van der Waals surface area (Å²) >= 11 is 3.50. The highest BCUT2D eigenvalue weighted by Gasteiger charge is 2.30. The second-order valence-electron chi connectivity index (χ2n) is 6.55. The van der Waals surface area contributed by atoms with Crippen molar-refractivity contribution in [1.29, 1.82) is 0 Å². The molecule has 0 unspecified atom stereocenters. The molecule has 2 heterocycles. The van der Waals surface area contributed by atoms with Gasteiger partial charge in [-0.3, -0.25) is 19.8 Å². The molecule has 2 aromatic heterocycles. The summed E-state index contributed by atoms with van der Waals surface area (Å²) in [6.45, 7) is 6.29. The molecule has 3 aromatic rings. The summed E-state index contributed by atoms with van der Waals surface area (Å²) in [5, 5.41) is 11.0. The van der Waals surface area contributed by atoms with E-state index in [0.717, 1.165) is 22.9 Å². The van der Waals surface area contributed by atoms with Gasteiger partial charge in [-0.25, -0.2) is 0 Å². The number of hydrogen-bond acceptors (Lipinski definition) is 3. The average molecular weight is 435 g/mol. The summed E-state index contributed by atoms with van der Waals surface area (Å²) < 4.78 is 6.85. The first-order valence-electron chi connectivity index (χ1n) is 8.90. The number of ether oxygens (including phenoxy) is 1. The zero-order valence-electron chi connectivity index (χ0n) is 15.5. The van der Waals surface area contributed by atoms with Crippen LogP contribution < -0.4 is 15.9 Å². The Morgan fingerprint density at radius 1 is 1.00 bits per heavy atom. The standard InChI is InChI=1S/C19H23BrN4O3/c1-4-5-8-27-14-7-6-12(20)9-13(14)17(15-10(2)21-23-18(15)25)16-11(3)22-24-19(16)26/h6-7,9,17H,4-5,8H2,1-3H3,(H2,21,23,25)(H2,22,24,26). The summed E-state index contributed by atoms with van der Waals surface area (Å²) in [4.78, 5) is 25.1. The average Bonchev–Trinajstić information content (AvgIpc) is 3.14. The first-order valence-corrected chi connectivity index (χ1v) is 9.69. The van der Waals surface area contributed by atoms with Gasteiger partial charge in [-0.1, -0.05) is 29.3 Å². The van der Waals surface area contributed by atoms with E-state index in [1.807, 2.05) is 32.0 Å². The van der Waals surface area contributed by atoms with E-state index in [9.17, 15) is 9.59 Å². The number of benzene rings is 1. The Morgan fingerprint density at radius 2 is 1.59 bits per heavy atom. The number of H-pyrrole nitrogens is 4.